The van der Waals surface area contributed by atoms with E-state index in [4.69, 9.17) is 14.5 Å². The summed E-state index contributed by atoms with van der Waals surface area (Å²) in [6, 6.07) is 11.5. The third kappa shape index (κ3) is 14.3. The summed E-state index contributed by atoms with van der Waals surface area (Å²) >= 11 is 0. The molecule has 2 rings (SSSR count). The molecule has 13 nitrogen and oxygen atoms in total. The first kappa shape index (κ1) is 33.3. The lowest BCUT2D eigenvalue weighted by Gasteiger charge is -2.15. The first-order valence-corrected chi connectivity index (χ1v) is 14.5. The predicted octanol–water partition coefficient (Wildman–Crippen LogP) is 1.70. The van der Waals surface area contributed by atoms with E-state index < -0.39 is 25.7 Å². The normalized spacial score (nSPS) is 11.7. The Morgan fingerprint density at radius 3 is 2.00 bits per heavy atom. The van der Waals surface area contributed by atoms with Crippen LogP contribution in [0.2, 0.25) is 0 Å². The van der Waals surface area contributed by atoms with Crippen molar-refractivity contribution >= 4 is 31.5 Å². The number of aliphatic carboxylic acids is 1. The number of hydrogen-bond acceptors (Lipinski definition) is 7. The minimum absolute atomic E-state index is 0.0226. The summed E-state index contributed by atoms with van der Waals surface area (Å²) in [5.41, 5.74) is 1.37. The number of methoxy groups -OCH3 is 1. The van der Waals surface area contributed by atoms with Crippen LogP contribution < -0.4 is 25.2 Å². The van der Waals surface area contributed by atoms with Crippen LogP contribution in [0.5, 0.6) is 11.5 Å². The molecule has 41 heavy (non-hydrogen) atoms. The first-order chi connectivity index (χ1) is 19.4. The third-order valence-corrected chi connectivity index (χ3v) is 6.27. The zero-order chi connectivity index (χ0) is 30.3. The van der Waals surface area contributed by atoms with E-state index in [2.05, 4.69) is 20.5 Å². The Morgan fingerprint density at radius 2 is 1.39 bits per heavy atom. The van der Waals surface area contributed by atoms with Gasteiger partial charge in [0.15, 0.2) is 0 Å². The second kappa shape index (κ2) is 17.0. The van der Waals surface area contributed by atoms with Crippen molar-refractivity contribution in [1.29, 1.82) is 0 Å². The molecule has 0 spiro atoms. The van der Waals surface area contributed by atoms with E-state index in [0.29, 0.717) is 37.1 Å². The Labute approximate surface area is 237 Å². The summed E-state index contributed by atoms with van der Waals surface area (Å²) in [6.07, 6.45) is 2.23. The number of benzene rings is 2. The van der Waals surface area contributed by atoms with Gasteiger partial charge < -0.3 is 30.3 Å². The molecule has 0 heterocycles. The number of carboxylic acid groups (broad SMARTS) is 1. The van der Waals surface area contributed by atoms with Crippen molar-refractivity contribution in [2.45, 2.75) is 51.0 Å². The maximum Gasteiger partial charge on any atom is 0.524 e. The zero-order valence-electron chi connectivity index (χ0n) is 22.7. The Morgan fingerprint density at radius 1 is 0.780 bits per heavy atom. The van der Waals surface area contributed by atoms with E-state index >= 15 is 0 Å². The van der Waals surface area contributed by atoms with Gasteiger partial charge in [-0.25, -0.2) is 9.36 Å². The minimum atomic E-state index is -4.70. The van der Waals surface area contributed by atoms with Gasteiger partial charge in [-0.05, 0) is 48.2 Å². The molecule has 0 aliphatic heterocycles. The molecule has 0 fully saturated rings. The van der Waals surface area contributed by atoms with Crippen LogP contribution in [-0.4, -0.2) is 64.8 Å². The lowest BCUT2D eigenvalue weighted by atomic mass is 10.1. The number of unbranched alkanes of at least 4 members (excludes halogenated alkanes) is 2. The van der Waals surface area contributed by atoms with Crippen molar-refractivity contribution in [1.82, 2.24) is 16.0 Å². The van der Waals surface area contributed by atoms with Crippen molar-refractivity contribution in [3.8, 4) is 11.5 Å². The average molecular weight is 594 g/mol. The summed E-state index contributed by atoms with van der Waals surface area (Å²) in [7, 11) is -3.13. The molecule has 3 amide bonds. The molecule has 1 atom stereocenters. The lowest BCUT2D eigenvalue weighted by Crippen LogP contribution is -2.42. The number of amides is 3. The largest absolute Gasteiger partial charge is 0.524 e. The molecule has 6 N–H and O–H groups in total. The highest BCUT2D eigenvalue weighted by molar-refractivity contribution is 7.46. The second-order valence-electron chi connectivity index (χ2n) is 9.17. The van der Waals surface area contributed by atoms with Crippen LogP contribution in [0.15, 0.2) is 48.5 Å². The van der Waals surface area contributed by atoms with Gasteiger partial charge >= 0.3 is 13.8 Å². The molecule has 2 aromatic rings. The maximum atomic E-state index is 12.2. The minimum Gasteiger partial charge on any atom is -0.497 e. The molecule has 1 unspecified atom stereocenters. The van der Waals surface area contributed by atoms with Gasteiger partial charge in [0.05, 0.1) is 13.5 Å². The molecule has 0 saturated carbocycles. The molecular formula is C27H36N3O10P. The van der Waals surface area contributed by atoms with E-state index in [-0.39, 0.29) is 49.8 Å². The standard InChI is InChI=1S/C27H36N3O10P/c1-39-21-10-6-20(7-11-21)18-26(33)29-16-14-24(31)28-15-4-2-3-5-25(32)30-23(27(34)35)17-19-8-12-22(13-9-19)40-41(36,37)38/h6-13,23H,2-5,14-18H2,1H3,(H,28,31)(H,29,33)(H,30,32)(H,34,35)(H2,36,37,38). The van der Waals surface area contributed by atoms with E-state index in [1.165, 1.54) is 24.3 Å². The number of phosphoric acid groups is 1. The van der Waals surface area contributed by atoms with E-state index in [1.54, 1.807) is 31.4 Å². The number of hydrogen-bond donors (Lipinski definition) is 6. The van der Waals surface area contributed by atoms with Crippen molar-refractivity contribution in [3.05, 3.63) is 59.7 Å². The van der Waals surface area contributed by atoms with Crippen LogP contribution in [0.4, 0.5) is 0 Å². The first-order valence-electron chi connectivity index (χ1n) is 13.0. The fourth-order valence-corrected chi connectivity index (χ4v) is 4.13. The summed E-state index contributed by atoms with van der Waals surface area (Å²) in [4.78, 5) is 65.5. The number of rotatable bonds is 18. The topological polar surface area (TPSA) is 201 Å². The molecule has 0 bridgehead atoms. The molecule has 224 valence electrons. The van der Waals surface area contributed by atoms with Crippen LogP contribution in [0.25, 0.3) is 0 Å². The van der Waals surface area contributed by atoms with Gasteiger partial charge in [-0.1, -0.05) is 30.7 Å². The van der Waals surface area contributed by atoms with Gasteiger partial charge in [-0.2, -0.15) is 0 Å². The number of nitrogens with one attached hydrogen (secondary N) is 3. The molecule has 0 aliphatic rings. The molecule has 14 heteroatoms. The average Bonchev–Trinajstić information content (AvgIpc) is 2.90. The molecule has 0 radical (unpaired) electrons. The number of carbonyl (C=O) groups is 4. The Kier molecular flexibility index (Phi) is 13.8. The van der Waals surface area contributed by atoms with Crippen LogP contribution in [0.1, 0.15) is 43.2 Å². The smallest absolute Gasteiger partial charge is 0.497 e. The predicted molar refractivity (Wildman–Crippen MR) is 148 cm³/mol. The van der Waals surface area contributed by atoms with Crippen molar-refractivity contribution < 1.29 is 47.9 Å². The summed E-state index contributed by atoms with van der Waals surface area (Å²) in [5, 5.41) is 17.4. The summed E-state index contributed by atoms with van der Waals surface area (Å²) in [6.45, 7) is 0.636. The quantitative estimate of drug-likeness (QED) is 0.109. The number of carbonyl (C=O) groups excluding carboxylic acids is 3. The summed E-state index contributed by atoms with van der Waals surface area (Å²) in [5.74, 6) is -1.38. The van der Waals surface area contributed by atoms with Crippen LogP contribution >= 0.6 is 7.82 Å². The van der Waals surface area contributed by atoms with E-state index in [1.807, 2.05) is 0 Å². The fraction of sp³-hybridized carbons (Fsp3) is 0.407. The molecule has 0 aliphatic carbocycles. The molecular weight excluding hydrogens is 557 g/mol. The second-order valence-corrected chi connectivity index (χ2v) is 10.3. The highest BCUT2D eigenvalue weighted by Crippen LogP contribution is 2.37. The fourth-order valence-electron chi connectivity index (χ4n) is 3.74. The monoisotopic (exact) mass is 593 g/mol. The van der Waals surface area contributed by atoms with Gasteiger partial charge in [0.25, 0.3) is 0 Å². The number of carboxylic acids is 1. The Hall–Kier alpha value is -3.93. The van der Waals surface area contributed by atoms with Gasteiger partial charge in [0, 0.05) is 32.4 Å². The van der Waals surface area contributed by atoms with E-state index in [9.17, 15) is 28.8 Å². The highest BCUT2D eigenvalue weighted by Gasteiger charge is 2.21. The van der Waals surface area contributed by atoms with Crippen molar-refractivity contribution in [2.24, 2.45) is 0 Å². The molecule has 0 aromatic heterocycles. The van der Waals surface area contributed by atoms with Gasteiger partial charge in [-0.3, -0.25) is 24.2 Å². The Bertz CT molecular complexity index is 1200. The SMILES string of the molecule is COc1ccc(CC(=O)NCCC(=O)NCCCCCC(=O)NC(Cc2ccc(OP(=O)(O)O)cc2)C(=O)O)cc1. The number of ether oxygens (including phenoxy) is 1. The van der Waals surface area contributed by atoms with Crippen LogP contribution in [0, 0.1) is 0 Å². The lowest BCUT2D eigenvalue weighted by molar-refractivity contribution is -0.141. The maximum absolute atomic E-state index is 12.2. The van der Waals surface area contributed by atoms with E-state index in [0.717, 1.165) is 5.56 Å². The highest BCUT2D eigenvalue weighted by atomic mass is 31.2. The zero-order valence-corrected chi connectivity index (χ0v) is 23.6. The van der Waals surface area contributed by atoms with Gasteiger partial charge in [0.2, 0.25) is 17.7 Å². The van der Waals surface area contributed by atoms with Crippen LogP contribution in [0.3, 0.4) is 0 Å². The van der Waals surface area contributed by atoms with Crippen molar-refractivity contribution in [2.75, 3.05) is 20.2 Å². The van der Waals surface area contributed by atoms with Crippen molar-refractivity contribution in [3.63, 3.8) is 0 Å². The number of phosphoric ester groups is 1. The van der Waals surface area contributed by atoms with Crippen LogP contribution in [-0.2, 0) is 36.6 Å². The Balaban J connectivity index is 1.57. The van der Waals surface area contributed by atoms with Gasteiger partial charge in [-0.15, -0.1) is 0 Å². The summed E-state index contributed by atoms with van der Waals surface area (Å²) < 4.78 is 20.4. The molecule has 0 saturated heterocycles. The van der Waals surface area contributed by atoms with Gasteiger partial charge in [0.1, 0.15) is 17.5 Å². The third-order valence-electron chi connectivity index (χ3n) is 5.82. The molecule has 2 aromatic carbocycles.